The van der Waals surface area contributed by atoms with Gasteiger partial charge >= 0.3 is 6.03 Å². The maximum Gasteiger partial charge on any atom is 0.319 e. The van der Waals surface area contributed by atoms with Crippen molar-refractivity contribution in [1.29, 1.82) is 0 Å². The lowest BCUT2D eigenvalue weighted by Gasteiger charge is -2.37. The number of ether oxygens (including phenoxy) is 1. The molecule has 1 fully saturated rings. The van der Waals surface area contributed by atoms with Crippen LogP contribution in [0.3, 0.4) is 0 Å². The lowest BCUT2D eigenvalue weighted by molar-refractivity contribution is 0.115. The number of amides is 2. The number of benzene rings is 2. The summed E-state index contributed by atoms with van der Waals surface area (Å²) < 4.78 is 5.27. The van der Waals surface area contributed by atoms with Gasteiger partial charge in [-0.2, -0.15) is 0 Å². The standard InChI is InChI=1S/C21H28N4O2/c1-24-11-12-25(2)19(15-24)14-22-21(26)23-18-9-7-16(8-10-18)17-5-4-6-20(13-17)27-3/h4-10,13,19H,11-12,14-15H2,1-3H3,(H2,22,23,26)/t19-/m0/s1. The molecule has 3 rings (SSSR count). The Bertz CT molecular complexity index is 763. The second-order valence-corrected chi connectivity index (χ2v) is 7.04. The minimum Gasteiger partial charge on any atom is -0.497 e. The van der Waals surface area contributed by atoms with Crippen LogP contribution >= 0.6 is 0 Å². The smallest absolute Gasteiger partial charge is 0.319 e. The topological polar surface area (TPSA) is 56.8 Å². The zero-order chi connectivity index (χ0) is 19.2. The van der Waals surface area contributed by atoms with E-state index in [1.54, 1.807) is 7.11 Å². The van der Waals surface area contributed by atoms with E-state index in [9.17, 15) is 4.79 Å². The molecule has 0 aliphatic carbocycles. The van der Waals surface area contributed by atoms with Crippen LogP contribution in [0.2, 0.25) is 0 Å². The molecule has 0 bridgehead atoms. The van der Waals surface area contributed by atoms with Crippen molar-refractivity contribution in [2.45, 2.75) is 6.04 Å². The molecule has 0 unspecified atom stereocenters. The molecule has 2 N–H and O–H groups in total. The van der Waals surface area contributed by atoms with E-state index < -0.39 is 0 Å². The van der Waals surface area contributed by atoms with Gasteiger partial charge in [0.05, 0.1) is 7.11 Å². The van der Waals surface area contributed by atoms with Gasteiger partial charge in [0, 0.05) is 37.9 Å². The summed E-state index contributed by atoms with van der Waals surface area (Å²) >= 11 is 0. The zero-order valence-corrected chi connectivity index (χ0v) is 16.2. The van der Waals surface area contributed by atoms with Crippen LogP contribution in [-0.4, -0.2) is 69.3 Å². The van der Waals surface area contributed by atoms with Gasteiger partial charge in [0.2, 0.25) is 0 Å². The molecule has 6 heteroatoms. The zero-order valence-electron chi connectivity index (χ0n) is 16.2. The SMILES string of the molecule is COc1cccc(-c2ccc(NC(=O)NC[C@H]3CN(C)CCN3C)cc2)c1. The number of carbonyl (C=O) groups is 1. The number of hydrogen-bond acceptors (Lipinski definition) is 4. The van der Waals surface area contributed by atoms with Crippen LogP contribution in [-0.2, 0) is 0 Å². The van der Waals surface area contributed by atoms with E-state index in [0.29, 0.717) is 12.6 Å². The average molecular weight is 368 g/mol. The number of piperazine rings is 1. The van der Waals surface area contributed by atoms with E-state index in [4.69, 9.17) is 4.74 Å². The summed E-state index contributed by atoms with van der Waals surface area (Å²) in [6, 6.07) is 15.9. The fourth-order valence-corrected chi connectivity index (χ4v) is 3.26. The molecule has 6 nitrogen and oxygen atoms in total. The molecule has 1 aliphatic rings. The first-order valence-electron chi connectivity index (χ1n) is 9.23. The number of hydrogen-bond donors (Lipinski definition) is 2. The van der Waals surface area contributed by atoms with Gasteiger partial charge in [-0.05, 0) is 49.5 Å². The third-order valence-electron chi connectivity index (χ3n) is 5.02. The maximum absolute atomic E-state index is 12.2. The third kappa shape index (κ3) is 5.21. The van der Waals surface area contributed by atoms with Crippen LogP contribution in [0.25, 0.3) is 11.1 Å². The number of likely N-dealkylation sites (N-methyl/N-ethyl adjacent to an activating group) is 2. The highest BCUT2D eigenvalue weighted by molar-refractivity contribution is 5.89. The number of urea groups is 1. The summed E-state index contributed by atoms with van der Waals surface area (Å²) in [5, 5.41) is 5.88. The van der Waals surface area contributed by atoms with Crippen LogP contribution < -0.4 is 15.4 Å². The minimum atomic E-state index is -0.175. The lowest BCUT2D eigenvalue weighted by atomic mass is 10.1. The molecule has 1 heterocycles. The minimum absolute atomic E-state index is 0.175. The molecule has 0 radical (unpaired) electrons. The molecule has 0 spiro atoms. The largest absolute Gasteiger partial charge is 0.497 e. The average Bonchev–Trinajstić information content (AvgIpc) is 2.69. The van der Waals surface area contributed by atoms with Crippen LogP contribution in [0.1, 0.15) is 0 Å². The van der Waals surface area contributed by atoms with Crippen molar-refractivity contribution in [3.63, 3.8) is 0 Å². The van der Waals surface area contributed by atoms with E-state index in [1.165, 1.54) is 0 Å². The second kappa shape index (κ2) is 8.88. The van der Waals surface area contributed by atoms with Crippen molar-refractivity contribution < 1.29 is 9.53 Å². The van der Waals surface area contributed by atoms with Gasteiger partial charge in [0.25, 0.3) is 0 Å². The number of carbonyl (C=O) groups excluding carboxylic acids is 1. The molecule has 2 amide bonds. The fourth-order valence-electron chi connectivity index (χ4n) is 3.26. The third-order valence-corrected chi connectivity index (χ3v) is 5.02. The number of rotatable bonds is 5. The number of nitrogens with one attached hydrogen (secondary N) is 2. The predicted octanol–water partition coefficient (Wildman–Crippen LogP) is 2.73. The van der Waals surface area contributed by atoms with Crippen molar-refractivity contribution in [2.75, 3.05) is 52.7 Å². The predicted molar refractivity (Wildman–Crippen MR) is 109 cm³/mol. The first-order chi connectivity index (χ1) is 13.0. The lowest BCUT2D eigenvalue weighted by Crippen LogP contribution is -2.54. The Labute approximate surface area is 161 Å². The summed E-state index contributed by atoms with van der Waals surface area (Å²) in [5.41, 5.74) is 2.93. The molecule has 27 heavy (non-hydrogen) atoms. The highest BCUT2D eigenvalue weighted by Gasteiger charge is 2.22. The van der Waals surface area contributed by atoms with Gasteiger partial charge in [0.1, 0.15) is 5.75 Å². The van der Waals surface area contributed by atoms with Crippen molar-refractivity contribution in [3.8, 4) is 16.9 Å². The molecule has 0 aromatic heterocycles. The Balaban J connectivity index is 1.54. The molecule has 1 saturated heterocycles. The van der Waals surface area contributed by atoms with Crippen LogP contribution in [0, 0.1) is 0 Å². The van der Waals surface area contributed by atoms with E-state index in [-0.39, 0.29) is 6.03 Å². The second-order valence-electron chi connectivity index (χ2n) is 7.04. The summed E-state index contributed by atoms with van der Waals surface area (Å²) in [6.07, 6.45) is 0. The summed E-state index contributed by atoms with van der Waals surface area (Å²) in [7, 11) is 5.88. The first kappa shape index (κ1) is 19.2. The molecule has 1 atom stereocenters. The van der Waals surface area contributed by atoms with Crippen molar-refractivity contribution in [1.82, 2.24) is 15.1 Å². The summed E-state index contributed by atoms with van der Waals surface area (Å²) in [5.74, 6) is 0.826. The molecular formula is C21H28N4O2. The maximum atomic E-state index is 12.2. The van der Waals surface area contributed by atoms with Gasteiger partial charge < -0.3 is 20.3 Å². The van der Waals surface area contributed by atoms with E-state index >= 15 is 0 Å². The Morgan fingerprint density at radius 3 is 2.63 bits per heavy atom. The summed E-state index contributed by atoms with van der Waals surface area (Å²) in [6.45, 7) is 3.69. The van der Waals surface area contributed by atoms with Gasteiger partial charge in [-0.25, -0.2) is 4.79 Å². The quantitative estimate of drug-likeness (QED) is 0.852. The van der Waals surface area contributed by atoms with Crippen LogP contribution in [0.5, 0.6) is 5.75 Å². The number of anilines is 1. The number of methoxy groups -OCH3 is 1. The molecule has 144 valence electrons. The van der Waals surface area contributed by atoms with E-state index in [0.717, 1.165) is 42.2 Å². The normalized spacial score (nSPS) is 18.1. The number of nitrogens with zero attached hydrogens (tertiary/aromatic N) is 2. The Hall–Kier alpha value is -2.57. The van der Waals surface area contributed by atoms with Crippen molar-refractivity contribution in [3.05, 3.63) is 48.5 Å². The Kier molecular flexibility index (Phi) is 6.32. The van der Waals surface area contributed by atoms with Gasteiger partial charge in [-0.1, -0.05) is 24.3 Å². The molecule has 2 aromatic carbocycles. The molecule has 1 aliphatic heterocycles. The fraction of sp³-hybridized carbons (Fsp3) is 0.381. The molecule has 2 aromatic rings. The van der Waals surface area contributed by atoms with E-state index in [2.05, 4.69) is 34.5 Å². The molecular weight excluding hydrogens is 340 g/mol. The van der Waals surface area contributed by atoms with Crippen molar-refractivity contribution >= 4 is 11.7 Å². The van der Waals surface area contributed by atoms with Gasteiger partial charge in [-0.15, -0.1) is 0 Å². The highest BCUT2D eigenvalue weighted by atomic mass is 16.5. The first-order valence-corrected chi connectivity index (χ1v) is 9.23. The van der Waals surface area contributed by atoms with Crippen molar-refractivity contribution in [2.24, 2.45) is 0 Å². The Morgan fingerprint density at radius 2 is 1.89 bits per heavy atom. The Morgan fingerprint density at radius 1 is 1.11 bits per heavy atom. The highest BCUT2D eigenvalue weighted by Crippen LogP contribution is 2.25. The van der Waals surface area contributed by atoms with Crippen LogP contribution in [0.4, 0.5) is 10.5 Å². The van der Waals surface area contributed by atoms with Crippen LogP contribution in [0.15, 0.2) is 48.5 Å². The van der Waals surface area contributed by atoms with Gasteiger partial charge in [-0.3, -0.25) is 4.90 Å². The summed E-state index contributed by atoms with van der Waals surface area (Å²) in [4.78, 5) is 16.8. The van der Waals surface area contributed by atoms with Gasteiger partial charge in [0.15, 0.2) is 0 Å². The van der Waals surface area contributed by atoms with E-state index in [1.807, 2.05) is 48.5 Å². The monoisotopic (exact) mass is 368 g/mol. The molecule has 0 saturated carbocycles.